The van der Waals surface area contributed by atoms with E-state index >= 15 is 0 Å². The molecule has 0 bridgehead atoms. The summed E-state index contributed by atoms with van der Waals surface area (Å²) in [6.07, 6.45) is 1.99. The zero-order valence-electron chi connectivity index (χ0n) is 11.9. The first-order valence-corrected chi connectivity index (χ1v) is 7.67. The van der Waals surface area contributed by atoms with Crippen molar-refractivity contribution in [1.29, 1.82) is 0 Å². The lowest BCUT2D eigenvalue weighted by molar-refractivity contribution is 0.198. The Morgan fingerprint density at radius 1 is 1.32 bits per heavy atom. The highest BCUT2D eigenvalue weighted by Crippen LogP contribution is 2.29. The monoisotopic (exact) mass is 326 g/mol. The fourth-order valence-electron chi connectivity index (χ4n) is 2.69. The number of piperidine rings is 1. The summed E-state index contributed by atoms with van der Waals surface area (Å²) in [6, 6.07) is 6.96. The molecular formula is C15H23BrN2O. The molecule has 1 aromatic rings. The Labute approximate surface area is 124 Å². The quantitative estimate of drug-likeness (QED) is 0.924. The normalized spacial score (nSPS) is 18.9. The molecule has 19 heavy (non-hydrogen) atoms. The van der Waals surface area contributed by atoms with Crippen LogP contribution >= 0.6 is 15.9 Å². The number of hydrogen-bond donors (Lipinski definition) is 1. The molecule has 0 aromatic heterocycles. The average molecular weight is 327 g/mol. The van der Waals surface area contributed by atoms with E-state index in [-0.39, 0.29) is 0 Å². The van der Waals surface area contributed by atoms with E-state index in [1.54, 1.807) is 6.92 Å². The van der Waals surface area contributed by atoms with Crippen molar-refractivity contribution in [2.75, 3.05) is 32.1 Å². The van der Waals surface area contributed by atoms with Crippen molar-refractivity contribution in [2.24, 2.45) is 0 Å². The van der Waals surface area contributed by atoms with Gasteiger partial charge in [-0.25, -0.2) is 0 Å². The zero-order chi connectivity index (χ0) is 14.0. The van der Waals surface area contributed by atoms with Gasteiger partial charge in [0, 0.05) is 29.3 Å². The number of benzene rings is 1. The van der Waals surface area contributed by atoms with Crippen LogP contribution in [0, 0.1) is 0 Å². The van der Waals surface area contributed by atoms with Gasteiger partial charge in [0.15, 0.2) is 0 Å². The standard InChI is InChI=1S/C15H23BrN2O/c1-11(19)14-5-4-13(10-15(14)16)18-8-6-12(7-9-18)17(2)3/h4-5,10-12,19H,6-9H2,1-3H3/t11-/m1/s1. The topological polar surface area (TPSA) is 26.7 Å². The van der Waals surface area contributed by atoms with Crippen LogP contribution in [0.4, 0.5) is 5.69 Å². The highest BCUT2D eigenvalue weighted by molar-refractivity contribution is 9.10. The van der Waals surface area contributed by atoms with E-state index in [0.29, 0.717) is 6.04 Å². The number of rotatable bonds is 3. The second-order valence-corrected chi connectivity index (χ2v) is 6.42. The zero-order valence-corrected chi connectivity index (χ0v) is 13.5. The molecule has 0 unspecified atom stereocenters. The molecule has 4 heteroatoms. The number of aliphatic hydroxyl groups is 1. The summed E-state index contributed by atoms with van der Waals surface area (Å²) in [7, 11) is 4.32. The van der Waals surface area contributed by atoms with Crippen LogP contribution in [0.3, 0.4) is 0 Å². The molecule has 1 fully saturated rings. The fraction of sp³-hybridized carbons (Fsp3) is 0.600. The molecule has 1 aromatic carbocycles. The molecule has 0 radical (unpaired) electrons. The molecule has 3 nitrogen and oxygen atoms in total. The Morgan fingerprint density at radius 3 is 2.42 bits per heavy atom. The van der Waals surface area contributed by atoms with E-state index in [1.165, 1.54) is 18.5 Å². The van der Waals surface area contributed by atoms with E-state index in [1.807, 2.05) is 6.07 Å². The molecule has 1 heterocycles. The number of anilines is 1. The van der Waals surface area contributed by atoms with Gasteiger partial charge in [0.25, 0.3) is 0 Å². The maximum atomic E-state index is 9.65. The largest absolute Gasteiger partial charge is 0.389 e. The van der Waals surface area contributed by atoms with Crippen molar-refractivity contribution >= 4 is 21.6 Å². The molecule has 1 atom stereocenters. The predicted molar refractivity (Wildman–Crippen MR) is 83.7 cm³/mol. The van der Waals surface area contributed by atoms with E-state index in [2.05, 4.69) is 52.0 Å². The first-order chi connectivity index (χ1) is 8.99. The van der Waals surface area contributed by atoms with Gasteiger partial charge < -0.3 is 14.9 Å². The summed E-state index contributed by atoms with van der Waals surface area (Å²) < 4.78 is 0.995. The van der Waals surface area contributed by atoms with Gasteiger partial charge in [-0.3, -0.25) is 0 Å². The van der Waals surface area contributed by atoms with Crippen molar-refractivity contribution < 1.29 is 5.11 Å². The number of halogens is 1. The molecule has 2 rings (SSSR count). The molecule has 106 valence electrons. The van der Waals surface area contributed by atoms with Crippen molar-refractivity contribution in [3.8, 4) is 0 Å². The summed E-state index contributed by atoms with van der Waals surface area (Å²) in [5.74, 6) is 0. The predicted octanol–water partition coefficient (Wildman–Crippen LogP) is 3.03. The summed E-state index contributed by atoms with van der Waals surface area (Å²) in [4.78, 5) is 4.75. The highest BCUT2D eigenvalue weighted by atomic mass is 79.9. The van der Waals surface area contributed by atoms with E-state index < -0.39 is 6.10 Å². The molecular weight excluding hydrogens is 304 g/mol. The second kappa shape index (κ2) is 6.25. The van der Waals surface area contributed by atoms with Crippen molar-refractivity contribution in [3.63, 3.8) is 0 Å². The van der Waals surface area contributed by atoms with Gasteiger partial charge in [-0.1, -0.05) is 22.0 Å². The molecule has 0 aliphatic carbocycles. The van der Waals surface area contributed by atoms with Crippen LogP contribution in [-0.2, 0) is 0 Å². The number of hydrogen-bond acceptors (Lipinski definition) is 3. The molecule has 0 saturated carbocycles. The van der Waals surface area contributed by atoms with Crippen LogP contribution in [0.1, 0.15) is 31.4 Å². The Morgan fingerprint density at radius 2 is 1.95 bits per heavy atom. The summed E-state index contributed by atoms with van der Waals surface area (Å²) in [6.45, 7) is 4.00. The molecule has 0 amide bonds. The van der Waals surface area contributed by atoms with Gasteiger partial charge in [0.1, 0.15) is 0 Å². The van der Waals surface area contributed by atoms with Crippen molar-refractivity contribution in [1.82, 2.24) is 4.90 Å². The van der Waals surface area contributed by atoms with Crippen LogP contribution in [0.2, 0.25) is 0 Å². The van der Waals surface area contributed by atoms with Gasteiger partial charge >= 0.3 is 0 Å². The van der Waals surface area contributed by atoms with Crippen LogP contribution < -0.4 is 4.90 Å². The van der Waals surface area contributed by atoms with Crippen molar-refractivity contribution in [3.05, 3.63) is 28.2 Å². The van der Waals surface area contributed by atoms with E-state index in [9.17, 15) is 5.11 Å². The van der Waals surface area contributed by atoms with Gasteiger partial charge in [0.2, 0.25) is 0 Å². The average Bonchev–Trinajstić information content (AvgIpc) is 2.38. The van der Waals surface area contributed by atoms with Crippen LogP contribution in [0.15, 0.2) is 22.7 Å². The second-order valence-electron chi connectivity index (χ2n) is 5.56. The molecule has 1 aliphatic heterocycles. The Bertz CT molecular complexity index is 426. The fourth-order valence-corrected chi connectivity index (χ4v) is 3.39. The third-order valence-corrected chi connectivity index (χ3v) is 4.68. The minimum atomic E-state index is -0.428. The molecule has 1 aliphatic rings. The third kappa shape index (κ3) is 3.50. The van der Waals surface area contributed by atoms with E-state index in [4.69, 9.17) is 0 Å². The Balaban J connectivity index is 2.06. The highest BCUT2D eigenvalue weighted by Gasteiger charge is 2.21. The van der Waals surface area contributed by atoms with Gasteiger partial charge in [-0.2, -0.15) is 0 Å². The minimum Gasteiger partial charge on any atom is -0.389 e. The summed E-state index contributed by atoms with van der Waals surface area (Å²) >= 11 is 3.55. The Hall–Kier alpha value is -0.580. The lowest BCUT2D eigenvalue weighted by atomic mass is 10.0. The molecule has 1 N–H and O–H groups in total. The van der Waals surface area contributed by atoms with Gasteiger partial charge in [0.05, 0.1) is 6.10 Å². The first-order valence-electron chi connectivity index (χ1n) is 6.88. The molecule has 0 spiro atoms. The summed E-state index contributed by atoms with van der Waals surface area (Å²) in [5, 5.41) is 9.65. The lowest BCUT2D eigenvalue weighted by Crippen LogP contribution is -2.42. The Kier molecular flexibility index (Phi) is 4.87. The summed E-state index contributed by atoms with van der Waals surface area (Å²) in [5.41, 5.74) is 2.19. The van der Waals surface area contributed by atoms with Crippen molar-refractivity contribution in [2.45, 2.75) is 31.9 Å². The first kappa shape index (κ1) is 14.8. The molecule has 1 saturated heterocycles. The van der Waals surface area contributed by atoms with Gasteiger partial charge in [-0.05, 0) is 51.6 Å². The SMILES string of the molecule is C[C@@H](O)c1ccc(N2CCC(N(C)C)CC2)cc1Br. The van der Waals surface area contributed by atoms with Gasteiger partial charge in [-0.15, -0.1) is 0 Å². The minimum absolute atomic E-state index is 0.428. The smallest absolute Gasteiger partial charge is 0.0772 e. The number of aliphatic hydroxyl groups excluding tert-OH is 1. The maximum absolute atomic E-state index is 9.65. The van der Waals surface area contributed by atoms with E-state index in [0.717, 1.165) is 23.1 Å². The van der Waals surface area contributed by atoms with Crippen LogP contribution in [-0.4, -0.2) is 43.2 Å². The lowest BCUT2D eigenvalue weighted by Gasteiger charge is -2.36. The third-order valence-electron chi connectivity index (χ3n) is 3.99. The maximum Gasteiger partial charge on any atom is 0.0772 e. The number of nitrogens with zero attached hydrogens (tertiary/aromatic N) is 2. The van der Waals surface area contributed by atoms with Crippen LogP contribution in [0.25, 0.3) is 0 Å². The van der Waals surface area contributed by atoms with Crippen LogP contribution in [0.5, 0.6) is 0 Å².